The second kappa shape index (κ2) is 5.40. The molecule has 0 spiro atoms. The number of rotatable bonds is 2. The van der Waals surface area contributed by atoms with E-state index in [1.54, 1.807) is 6.07 Å². The van der Waals surface area contributed by atoms with Crippen LogP contribution in [-0.2, 0) is 0 Å². The summed E-state index contributed by atoms with van der Waals surface area (Å²) in [5, 5.41) is 12.8. The van der Waals surface area contributed by atoms with Crippen molar-refractivity contribution in [3.05, 3.63) is 29.3 Å². The predicted molar refractivity (Wildman–Crippen MR) is 71.3 cm³/mol. The molecule has 4 nitrogen and oxygen atoms in total. The van der Waals surface area contributed by atoms with Crippen molar-refractivity contribution in [2.45, 2.75) is 44.8 Å². The Morgan fingerprint density at radius 3 is 2.78 bits per heavy atom. The zero-order valence-corrected chi connectivity index (χ0v) is 10.6. The van der Waals surface area contributed by atoms with Gasteiger partial charge in [-0.2, -0.15) is 0 Å². The molecule has 18 heavy (non-hydrogen) atoms. The van der Waals surface area contributed by atoms with Crippen LogP contribution in [-0.4, -0.2) is 23.2 Å². The summed E-state index contributed by atoms with van der Waals surface area (Å²) >= 11 is 0. The lowest BCUT2D eigenvalue weighted by molar-refractivity contribution is 0.0717. The fourth-order valence-electron chi connectivity index (χ4n) is 2.52. The smallest absolute Gasteiger partial charge is 0.253 e. The molecule has 0 bridgehead atoms. The fourth-order valence-corrected chi connectivity index (χ4v) is 2.52. The Hall–Kier alpha value is -1.55. The lowest BCUT2D eigenvalue weighted by Crippen LogP contribution is -2.45. The monoisotopic (exact) mass is 248 g/mol. The molecule has 98 valence electrons. The molecule has 0 aromatic heterocycles. The molecule has 1 saturated carbocycles. The molecule has 1 aliphatic carbocycles. The van der Waals surface area contributed by atoms with E-state index in [0.717, 1.165) is 31.2 Å². The Labute approximate surface area is 107 Å². The maximum Gasteiger partial charge on any atom is 0.253 e. The minimum atomic E-state index is -0.437. The first-order chi connectivity index (χ1) is 8.59. The molecule has 0 unspecified atom stereocenters. The Balaban J connectivity index is 2.12. The van der Waals surface area contributed by atoms with E-state index < -0.39 is 6.10 Å². The van der Waals surface area contributed by atoms with E-state index >= 15 is 0 Å². The molecule has 4 N–H and O–H groups in total. The third-order valence-electron chi connectivity index (χ3n) is 3.58. The molecule has 1 fully saturated rings. The number of anilines is 1. The molecule has 0 saturated heterocycles. The zero-order chi connectivity index (χ0) is 13.1. The summed E-state index contributed by atoms with van der Waals surface area (Å²) < 4.78 is 0. The van der Waals surface area contributed by atoms with Crippen molar-refractivity contribution >= 4 is 11.6 Å². The van der Waals surface area contributed by atoms with Crippen LogP contribution >= 0.6 is 0 Å². The third-order valence-corrected chi connectivity index (χ3v) is 3.58. The van der Waals surface area contributed by atoms with Gasteiger partial charge in [-0.05, 0) is 31.4 Å². The van der Waals surface area contributed by atoms with Crippen LogP contribution in [0.1, 0.15) is 41.6 Å². The van der Waals surface area contributed by atoms with Crippen molar-refractivity contribution in [3.63, 3.8) is 0 Å². The summed E-state index contributed by atoms with van der Waals surface area (Å²) in [5.41, 5.74) is 7.71. The van der Waals surface area contributed by atoms with E-state index in [9.17, 15) is 9.90 Å². The van der Waals surface area contributed by atoms with Crippen molar-refractivity contribution in [1.29, 1.82) is 0 Å². The number of aryl methyl sites for hydroxylation is 1. The van der Waals surface area contributed by atoms with Gasteiger partial charge in [-0.3, -0.25) is 4.79 Å². The molecule has 1 aromatic carbocycles. The average molecular weight is 248 g/mol. The minimum Gasteiger partial charge on any atom is -0.398 e. The molecular formula is C14H20N2O2. The van der Waals surface area contributed by atoms with E-state index in [1.165, 1.54) is 0 Å². The highest BCUT2D eigenvalue weighted by Gasteiger charge is 2.25. The number of benzene rings is 1. The van der Waals surface area contributed by atoms with Crippen LogP contribution in [0.2, 0.25) is 0 Å². The first-order valence-corrected chi connectivity index (χ1v) is 6.43. The molecular weight excluding hydrogens is 228 g/mol. The summed E-state index contributed by atoms with van der Waals surface area (Å²) in [5.74, 6) is -0.184. The number of aliphatic hydroxyl groups is 1. The van der Waals surface area contributed by atoms with Crippen LogP contribution in [0.5, 0.6) is 0 Å². The molecule has 1 aliphatic rings. The van der Waals surface area contributed by atoms with Gasteiger partial charge in [0.25, 0.3) is 5.91 Å². The van der Waals surface area contributed by atoms with Crippen LogP contribution in [0, 0.1) is 6.92 Å². The Morgan fingerprint density at radius 1 is 1.39 bits per heavy atom. The number of nitrogens with one attached hydrogen (secondary N) is 1. The van der Waals surface area contributed by atoms with Crippen molar-refractivity contribution in [3.8, 4) is 0 Å². The van der Waals surface area contributed by atoms with Gasteiger partial charge in [0.15, 0.2) is 0 Å². The topological polar surface area (TPSA) is 75.4 Å². The molecule has 4 heteroatoms. The average Bonchev–Trinajstić information content (AvgIpc) is 2.32. The zero-order valence-electron chi connectivity index (χ0n) is 10.6. The van der Waals surface area contributed by atoms with E-state index in [4.69, 9.17) is 5.73 Å². The lowest BCUT2D eigenvalue weighted by atomic mass is 9.92. The molecule has 0 aliphatic heterocycles. The quantitative estimate of drug-likeness (QED) is 0.696. The highest BCUT2D eigenvalue weighted by atomic mass is 16.3. The van der Waals surface area contributed by atoms with Crippen molar-refractivity contribution in [1.82, 2.24) is 5.32 Å². The summed E-state index contributed by atoms with van der Waals surface area (Å²) in [4.78, 5) is 12.2. The third kappa shape index (κ3) is 2.64. The molecule has 2 atom stereocenters. The SMILES string of the molecule is Cc1cccc(N)c1C(=O)N[C@@H]1CCCC[C@H]1O. The normalized spacial score (nSPS) is 23.7. The number of nitrogen functional groups attached to an aromatic ring is 1. The number of nitrogens with two attached hydrogens (primary N) is 1. The Bertz CT molecular complexity index is 425. The van der Waals surface area contributed by atoms with Gasteiger partial charge in [-0.1, -0.05) is 25.0 Å². The molecule has 2 rings (SSSR count). The Morgan fingerprint density at radius 2 is 2.11 bits per heavy atom. The van der Waals surface area contributed by atoms with Crippen LogP contribution in [0.25, 0.3) is 0 Å². The second-order valence-electron chi connectivity index (χ2n) is 4.97. The first kappa shape index (κ1) is 12.9. The lowest BCUT2D eigenvalue weighted by Gasteiger charge is -2.28. The van der Waals surface area contributed by atoms with E-state index in [1.807, 2.05) is 19.1 Å². The predicted octanol–water partition coefficient (Wildman–Crippen LogP) is 1.61. The van der Waals surface area contributed by atoms with Crippen molar-refractivity contribution < 1.29 is 9.90 Å². The van der Waals surface area contributed by atoms with Gasteiger partial charge in [0.05, 0.1) is 17.7 Å². The number of carbonyl (C=O) groups is 1. The van der Waals surface area contributed by atoms with Gasteiger partial charge < -0.3 is 16.2 Å². The summed E-state index contributed by atoms with van der Waals surface area (Å²) in [6.45, 7) is 1.86. The number of aliphatic hydroxyl groups excluding tert-OH is 1. The van der Waals surface area contributed by atoms with Crippen LogP contribution < -0.4 is 11.1 Å². The van der Waals surface area contributed by atoms with E-state index in [0.29, 0.717) is 11.3 Å². The van der Waals surface area contributed by atoms with E-state index in [2.05, 4.69) is 5.32 Å². The minimum absolute atomic E-state index is 0.148. The largest absolute Gasteiger partial charge is 0.398 e. The maximum atomic E-state index is 12.2. The first-order valence-electron chi connectivity index (χ1n) is 6.43. The highest BCUT2D eigenvalue weighted by molar-refractivity contribution is 6.00. The van der Waals surface area contributed by atoms with Gasteiger partial charge in [0.2, 0.25) is 0 Å². The van der Waals surface area contributed by atoms with Crippen LogP contribution in [0.4, 0.5) is 5.69 Å². The number of hydrogen-bond donors (Lipinski definition) is 3. The number of hydrogen-bond acceptors (Lipinski definition) is 3. The van der Waals surface area contributed by atoms with Crippen LogP contribution in [0.15, 0.2) is 18.2 Å². The van der Waals surface area contributed by atoms with Crippen LogP contribution in [0.3, 0.4) is 0 Å². The molecule has 0 radical (unpaired) electrons. The highest BCUT2D eigenvalue weighted by Crippen LogP contribution is 2.21. The Kier molecular flexibility index (Phi) is 3.87. The summed E-state index contributed by atoms with van der Waals surface area (Å²) in [6, 6.07) is 5.27. The van der Waals surface area contributed by atoms with Gasteiger partial charge in [0.1, 0.15) is 0 Å². The van der Waals surface area contributed by atoms with Gasteiger partial charge >= 0.3 is 0 Å². The van der Waals surface area contributed by atoms with Crippen molar-refractivity contribution in [2.24, 2.45) is 0 Å². The standard InChI is InChI=1S/C14H20N2O2/c1-9-5-4-6-10(15)13(9)14(18)16-11-7-2-3-8-12(11)17/h4-6,11-12,17H,2-3,7-8,15H2,1H3,(H,16,18)/t11-,12-/m1/s1. The van der Waals surface area contributed by atoms with Crippen molar-refractivity contribution in [2.75, 3.05) is 5.73 Å². The number of amides is 1. The molecule has 1 aromatic rings. The molecule has 1 amide bonds. The summed E-state index contributed by atoms with van der Waals surface area (Å²) in [7, 11) is 0. The number of carbonyl (C=O) groups excluding carboxylic acids is 1. The van der Waals surface area contributed by atoms with Gasteiger partial charge in [-0.25, -0.2) is 0 Å². The molecule has 0 heterocycles. The summed E-state index contributed by atoms with van der Waals surface area (Å²) in [6.07, 6.45) is 3.23. The second-order valence-corrected chi connectivity index (χ2v) is 4.97. The maximum absolute atomic E-state index is 12.2. The van der Waals surface area contributed by atoms with Gasteiger partial charge in [-0.15, -0.1) is 0 Å². The van der Waals surface area contributed by atoms with E-state index in [-0.39, 0.29) is 11.9 Å². The fraction of sp³-hybridized carbons (Fsp3) is 0.500. The van der Waals surface area contributed by atoms with Gasteiger partial charge in [0, 0.05) is 5.69 Å².